The van der Waals surface area contributed by atoms with Crippen LogP contribution in [0.2, 0.25) is 0 Å². The second kappa shape index (κ2) is 7.63. The van der Waals surface area contributed by atoms with E-state index in [-0.39, 0.29) is 30.2 Å². The smallest absolute Gasteiger partial charge is 0.309 e. The van der Waals surface area contributed by atoms with Crippen molar-refractivity contribution in [3.8, 4) is 0 Å². The van der Waals surface area contributed by atoms with E-state index in [1.165, 1.54) is 18.6 Å². The van der Waals surface area contributed by atoms with Crippen molar-refractivity contribution >= 4 is 17.8 Å². The van der Waals surface area contributed by atoms with Gasteiger partial charge < -0.3 is 19.4 Å². The summed E-state index contributed by atoms with van der Waals surface area (Å²) in [6.07, 6.45) is 3.92. The van der Waals surface area contributed by atoms with Crippen LogP contribution in [0.5, 0.6) is 0 Å². The minimum Gasteiger partial charge on any atom is -0.472 e. The Labute approximate surface area is 128 Å². The summed E-state index contributed by atoms with van der Waals surface area (Å²) in [7, 11) is 0. The van der Waals surface area contributed by atoms with Crippen LogP contribution in [0, 0.1) is 5.92 Å². The van der Waals surface area contributed by atoms with E-state index < -0.39 is 0 Å². The minimum atomic E-state index is -0.344. The van der Waals surface area contributed by atoms with Crippen molar-refractivity contribution in [1.82, 2.24) is 10.2 Å². The van der Waals surface area contributed by atoms with Gasteiger partial charge in [0.05, 0.1) is 30.9 Å². The van der Waals surface area contributed by atoms with Crippen molar-refractivity contribution in [1.29, 1.82) is 0 Å². The summed E-state index contributed by atoms with van der Waals surface area (Å²) in [4.78, 5) is 37.0. The van der Waals surface area contributed by atoms with E-state index in [9.17, 15) is 14.4 Å². The number of carbonyl (C=O) groups is 3. The van der Waals surface area contributed by atoms with Crippen molar-refractivity contribution in [2.75, 3.05) is 26.2 Å². The molecule has 0 radical (unpaired) electrons. The number of likely N-dealkylation sites (tertiary alicyclic amines) is 1. The number of piperidine rings is 1. The number of nitrogens with one attached hydrogen (secondary N) is 1. The first kappa shape index (κ1) is 16.1. The van der Waals surface area contributed by atoms with Gasteiger partial charge in [-0.05, 0) is 25.8 Å². The van der Waals surface area contributed by atoms with Gasteiger partial charge in [-0.2, -0.15) is 0 Å². The molecule has 1 aliphatic heterocycles. The molecule has 0 spiro atoms. The van der Waals surface area contributed by atoms with Gasteiger partial charge in [-0.3, -0.25) is 14.4 Å². The molecule has 1 fully saturated rings. The number of hydrogen-bond donors (Lipinski definition) is 1. The molecule has 0 unspecified atom stereocenters. The molecule has 1 aliphatic rings. The van der Waals surface area contributed by atoms with Crippen LogP contribution < -0.4 is 5.32 Å². The molecule has 22 heavy (non-hydrogen) atoms. The highest BCUT2D eigenvalue weighted by atomic mass is 16.5. The monoisotopic (exact) mass is 308 g/mol. The predicted molar refractivity (Wildman–Crippen MR) is 77.0 cm³/mol. The summed E-state index contributed by atoms with van der Waals surface area (Å²) in [6, 6.07) is 1.53. The zero-order valence-electron chi connectivity index (χ0n) is 12.5. The number of carbonyl (C=O) groups excluding carboxylic acids is 3. The van der Waals surface area contributed by atoms with Crippen LogP contribution in [-0.4, -0.2) is 48.9 Å². The number of nitrogens with zero attached hydrogens (tertiary/aromatic N) is 1. The number of amides is 2. The molecule has 120 valence electrons. The number of esters is 1. The molecular formula is C15H20N2O5. The van der Waals surface area contributed by atoms with Gasteiger partial charge in [0.15, 0.2) is 0 Å². The lowest BCUT2D eigenvalue weighted by Crippen LogP contribution is -2.45. The lowest BCUT2D eigenvalue weighted by Gasteiger charge is -2.30. The van der Waals surface area contributed by atoms with E-state index in [2.05, 4.69) is 5.32 Å². The van der Waals surface area contributed by atoms with Crippen molar-refractivity contribution < 1.29 is 23.5 Å². The first-order valence-electron chi connectivity index (χ1n) is 7.36. The number of furan rings is 1. The first-order chi connectivity index (χ1) is 10.6. The van der Waals surface area contributed by atoms with Crippen LogP contribution in [0.4, 0.5) is 0 Å². The molecule has 0 aromatic carbocycles. The highest BCUT2D eigenvalue weighted by Crippen LogP contribution is 2.18. The Bertz CT molecular complexity index is 518. The maximum Gasteiger partial charge on any atom is 0.309 e. The van der Waals surface area contributed by atoms with Crippen LogP contribution in [-0.2, 0) is 14.3 Å². The number of rotatable bonds is 5. The largest absolute Gasteiger partial charge is 0.472 e. The third-order valence-electron chi connectivity index (χ3n) is 3.65. The maximum atomic E-state index is 12.0. The fourth-order valence-corrected chi connectivity index (χ4v) is 2.39. The molecule has 1 aromatic heterocycles. The Morgan fingerprint density at radius 3 is 2.68 bits per heavy atom. The maximum absolute atomic E-state index is 12.0. The summed E-state index contributed by atoms with van der Waals surface area (Å²) in [5.41, 5.74) is 0.383. The summed E-state index contributed by atoms with van der Waals surface area (Å²) in [5.74, 6) is -0.824. The first-order valence-corrected chi connectivity index (χ1v) is 7.36. The number of ether oxygens (including phenoxy) is 1. The van der Waals surface area contributed by atoms with Gasteiger partial charge in [-0.25, -0.2) is 0 Å². The average Bonchev–Trinajstić information content (AvgIpc) is 3.07. The summed E-state index contributed by atoms with van der Waals surface area (Å²) >= 11 is 0. The fraction of sp³-hybridized carbons (Fsp3) is 0.533. The second-order valence-corrected chi connectivity index (χ2v) is 5.10. The minimum absolute atomic E-state index is 0.0614. The van der Waals surface area contributed by atoms with Crippen LogP contribution in [0.15, 0.2) is 23.0 Å². The highest BCUT2D eigenvalue weighted by molar-refractivity contribution is 5.96. The SMILES string of the molecule is CCOC(=O)C1CCN(C(=O)CNC(=O)c2ccoc2)CC1. The van der Waals surface area contributed by atoms with E-state index >= 15 is 0 Å². The van der Waals surface area contributed by atoms with Crippen LogP contribution in [0.25, 0.3) is 0 Å². The van der Waals surface area contributed by atoms with Crippen LogP contribution >= 0.6 is 0 Å². The van der Waals surface area contributed by atoms with E-state index in [0.717, 1.165) is 0 Å². The van der Waals surface area contributed by atoms with Gasteiger partial charge in [0.2, 0.25) is 5.91 Å². The molecule has 1 aromatic rings. The summed E-state index contributed by atoms with van der Waals surface area (Å²) < 4.78 is 9.80. The molecule has 2 heterocycles. The molecule has 0 bridgehead atoms. The Hall–Kier alpha value is -2.31. The quantitative estimate of drug-likeness (QED) is 0.813. The molecular weight excluding hydrogens is 288 g/mol. The van der Waals surface area contributed by atoms with Gasteiger partial charge >= 0.3 is 5.97 Å². The topological polar surface area (TPSA) is 88.9 Å². The van der Waals surface area contributed by atoms with Crippen molar-refractivity contribution in [2.45, 2.75) is 19.8 Å². The number of hydrogen-bond acceptors (Lipinski definition) is 5. The van der Waals surface area contributed by atoms with Crippen LogP contribution in [0.3, 0.4) is 0 Å². The lowest BCUT2D eigenvalue weighted by molar-refractivity contribution is -0.151. The Balaban J connectivity index is 1.73. The Kier molecular flexibility index (Phi) is 5.57. The van der Waals surface area contributed by atoms with Crippen LogP contribution in [0.1, 0.15) is 30.1 Å². The van der Waals surface area contributed by atoms with E-state index in [1.807, 2.05) is 0 Å². The lowest BCUT2D eigenvalue weighted by atomic mass is 9.97. The molecule has 7 heteroatoms. The highest BCUT2D eigenvalue weighted by Gasteiger charge is 2.28. The van der Waals surface area contributed by atoms with Gasteiger partial charge in [-0.1, -0.05) is 0 Å². The van der Waals surface area contributed by atoms with Gasteiger partial charge in [-0.15, -0.1) is 0 Å². The predicted octanol–water partition coefficient (Wildman–Crippen LogP) is 0.811. The van der Waals surface area contributed by atoms with Gasteiger partial charge in [0.25, 0.3) is 5.91 Å². The average molecular weight is 308 g/mol. The standard InChI is InChI=1S/C15H20N2O5/c1-2-22-15(20)11-3-6-17(7-4-11)13(18)9-16-14(19)12-5-8-21-10-12/h5,8,10-11H,2-4,6-7,9H2,1H3,(H,16,19). The summed E-state index contributed by atoms with van der Waals surface area (Å²) in [6.45, 7) is 3.10. The molecule has 7 nitrogen and oxygen atoms in total. The normalized spacial score (nSPS) is 15.4. The molecule has 0 aliphatic carbocycles. The van der Waals surface area contributed by atoms with Crippen molar-refractivity contribution in [3.05, 3.63) is 24.2 Å². The van der Waals surface area contributed by atoms with E-state index in [0.29, 0.717) is 38.1 Å². The van der Waals surface area contributed by atoms with E-state index in [4.69, 9.17) is 9.15 Å². The van der Waals surface area contributed by atoms with Crippen molar-refractivity contribution in [3.63, 3.8) is 0 Å². The fourth-order valence-electron chi connectivity index (χ4n) is 2.39. The van der Waals surface area contributed by atoms with Crippen molar-refractivity contribution in [2.24, 2.45) is 5.92 Å². The third kappa shape index (κ3) is 4.09. The Morgan fingerprint density at radius 1 is 1.36 bits per heavy atom. The van der Waals surface area contributed by atoms with Gasteiger partial charge in [0.1, 0.15) is 6.26 Å². The second-order valence-electron chi connectivity index (χ2n) is 5.10. The molecule has 2 amide bonds. The molecule has 1 N–H and O–H groups in total. The zero-order valence-corrected chi connectivity index (χ0v) is 12.5. The Morgan fingerprint density at radius 2 is 2.09 bits per heavy atom. The van der Waals surface area contributed by atoms with E-state index in [1.54, 1.807) is 11.8 Å². The molecule has 0 atom stereocenters. The van der Waals surface area contributed by atoms with Gasteiger partial charge in [0, 0.05) is 13.1 Å². The third-order valence-corrected chi connectivity index (χ3v) is 3.65. The summed E-state index contributed by atoms with van der Waals surface area (Å²) in [5, 5.41) is 2.55. The molecule has 1 saturated heterocycles. The zero-order chi connectivity index (χ0) is 15.9. The molecule has 0 saturated carbocycles. The molecule has 2 rings (SSSR count).